The molecule has 1 aliphatic heterocycles. The molecular weight excluding hydrogens is 182 g/mol. The molecular formula is C10H21NO3. The average molecular weight is 203 g/mol. The number of ether oxygens (including phenoxy) is 3. The van der Waals surface area contributed by atoms with Gasteiger partial charge in [-0.25, -0.2) is 0 Å². The molecule has 0 radical (unpaired) electrons. The van der Waals surface area contributed by atoms with Gasteiger partial charge in [0.25, 0.3) is 0 Å². The van der Waals surface area contributed by atoms with E-state index < -0.39 is 0 Å². The predicted molar refractivity (Wildman–Crippen MR) is 54.3 cm³/mol. The maximum Gasteiger partial charge on any atom is 0.135 e. The lowest BCUT2D eigenvalue weighted by atomic mass is 10.5. The van der Waals surface area contributed by atoms with E-state index >= 15 is 0 Å². The molecule has 2 atom stereocenters. The molecule has 0 spiro atoms. The first-order valence-electron chi connectivity index (χ1n) is 5.39. The standard InChI is InChI=1S/C10H21NO3/c1-3-5-12-7-8-13-6-4-11-10-9(2)14-10/h9-11H,3-8H2,1-2H3. The van der Waals surface area contributed by atoms with Gasteiger partial charge in [0.15, 0.2) is 0 Å². The van der Waals surface area contributed by atoms with Gasteiger partial charge in [0.2, 0.25) is 0 Å². The predicted octanol–water partition coefficient (Wildman–Crippen LogP) is 0.764. The number of hydrogen-bond acceptors (Lipinski definition) is 4. The van der Waals surface area contributed by atoms with Gasteiger partial charge < -0.3 is 14.2 Å². The first-order chi connectivity index (χ1) is 6.84. The largest absolute Gasteiger partial charge is 0.379 e. The minimum absolute atomic E-state index is 0.259. The summed E-state index contributed by atoms with van der Waals surface area (Å²) in [6.07, 6.45) is 1.70. The zero-order valence-corrected chi connectivity index (χ0v) is 9.12. The highest BCUT2D eigenvalue weighted by molar-refractivity contribution is 4.77. The number of nitrogens with one attached hydrogen (secondary N) is 1. The summed E-state index contributed by atoms with van der Waals surface area (Å²) in [5.74, 6) is 0. The fraction of sp³-hybridized carbons (Fsp3) is 1.00. The number of epoxide rings is 1. The summed E-state index contributed by atoms with van der Waals surface area (Å²) in [5.41, 5.74) is 0. The topological polar surface area (TPSA) is 43.0 Å². The van der Waals surface area contributed by atoms with Gasteiger partial charge in [-0.15, -0.1) is 0 Å². The van der Waals surface area contributed by atoms with Crippen LogP contribution in [0.15, 0.2) is 0 Å². The van der Waals surface area contributed by atoms with Crippen LogP contribution in [0.3, 0.4) is 0 Å². The van der Waals surface area contributed by atoms with Gasteiger partial charge in [0.1, 0.15) is 6.23 Å². The average Bonchev–Trinajstić information content (AvgIpc) is 2.87. The molecule has 0 aromatic heterocycles. The third kappa shape index (κ3) is 5.54. The lowest BCUT2D eigenvalue weighted by Gasteiger charge is -2.04. The van der Waals surface area contributed by atoms with E-state index in [2.05, 4.69) is 19.2 Å². The molecule has 0 bridgehead atoms. The third-order valence-electron chi connectivity index (χ3n) is 2.02. The highest BCUT2D eigenvalue weighted by Crippen LogP contribution is 2.16. The molecule has 1 rings (SSSR count). The molecule has 0 aromatic rings. The highest BCUT2D eigenvalue weighted by Gasteiger charge is 2.32. The van der Waals surface area contributed by atoms with Crippen LogP contribution in [-0.2, 0) is 14.2 Å². The number of rotatable bonds is 9. The van der Waals surface area contributed by atoms with E-state index in [9.17, 15) is 0 Å². The van der Waals surface area contributed by atoms with Crippen molar-refractivity contribution in [2.24, 2.45) is 0 Å². The summed E-state index contributed by atoms with van der Waals surface area (Å²) in [5, 5.41) is 3.22. The minimum Gasteiger partial charge on any atom is -0.379 e. The molecule has 1 N–H and O–H groups in total. The third-order valence-corrected chi connectivity index (χ3v) is 2.02. The molecule has 0 aliphatic carbocycles. The summed E-state index contributed by atoms with van der Waals surface area (Å²) in [4.78, 5) is 0. The Morgan fingerprint density at radius 2 is 1.79 bits per heavy atom. The Hall–Kier alpha value is -0.160. The van der Waals surface area contributed by atoms with Crippen molar-refractivity contribution in [2.45, 2.75) is 32.6 Å². The summed E-state index contributed by atoms with van der Waals surface area (Å²) >= 11 is 0. The Morgan fingerprint density at radius 1 is 1.14 bits per heavy atom. The highest BCUT2D eigenvalue weighted by atomic mass is 16.6. The summed E-state index contributed by atoms with van der Waals surface area (Å²) in [6, 6.07) is 0. The molecule has 84 valence electrons. The molecule has 1 aliphatic rings. The normalized spacial score (nSPS) is 25.3. The Balaban J connectivity index is 1.68. The van der Waals surface area contributed by atoms with E-state index in [0.717, 1.165) is 26.2 Å². The van der Waals surface area contributed by atoms with Crippen molar-refractivity contribution in [2.75, 3.05) is 33.0 Å². The van der Waals surface area contributed by atoms with Crippen LogP contribution in [-0.4, -0.2) is 45.3 Å². The van der Waals surface area contributed by atoms with E-state index in [1.54, 1.807) is 0 Å². The lowest BCUT2D eigenvalue weighted by molar-refractivity contribution is 0.0484. The van der Waals surface area contributed by atoms with Crippen LogP contribution in [0.5, 0.6) is 0 Å². The zero-order valence-electron chi connectivity index (χ0n) is 9.12. The molecule has 2 unspecified atom stereocenters. The van der Waals surface area contributed by atoms with Crippen LogP contribution < -0.4 is 5.32 Å². The summed E-state index contributed by atoms with van der Waals surface area (Å²) in [7, 11) is 0. The van der Waals surface area contributed by atoms with Crippen LogP contribution in [0.4, 0.5) is 0 Å². The van der Waals surface area contributed by atoms with Crippen LogP contribution in [0, 0.1) is 0 Å². The second-order valence-electron chi connectivity index (χ2n) is 3.44. The first-order valence-corrected chi connectivity index (χ1v) is 5.39. The Bertz CT molecular complexity index is 143. The van der Waals surface area contributed by atoms with Crippen LogP contribution in [0.2, 0.25) is 0 Å². The SMILES string of the molecule is CCCOCCOCCNC1OC1C. The van der Waals surface area contributed by atoms with Crippen molar-refractivity contribution >= 4 is 0 Å². The molecule has 1 heterocycles. The molecule has 1 saturated heterocycles. The smallest absolute Gasteiger partial charge is 0.135 e. The van der Waals surface area contributed by atoms with Gasteiger partial charge in [-0.1, -0.05) is 6.92 Å². The quantitative estimate of drug-likeness (QED) is 0.444. The van der Waals surface area contributed by atoms with Crippen molar-refractivity contribution in [3.05, 3.63) is 0 Å². The van der Waals surface area contributed by atoms with Crippen LogP contribution >= 0.6 is 0 Å². The van der Waals surface area contributed by atoms with Crippen molar-refractivity contribution in [1.29, 1.82) is 0 Å². The molecule has 4 heteroatoms. The van der Waals surface area contributed by atoms with E-state index in [-0.39, 0.29) is 6.23 Å². The summed E-state index contributed by atoms with van der Waals surface area (Å²) in [6.45, 7) is 7.94. The lowest BCUT2D eigenvalue weighted by Crippen LogP contribution is -2.24. The van der Waals surface area contributed by atoms with E-state index in [1.165, 1.54) is 0 Å². The Labute approximate surface area is 85.9 Å². The minimum atomic E-state index is 0.259. The van der Waals surface area contributed by atoms with Gasteiger partial charge in [-0.2, -0.15) is 0 Å². The maximum absolute atomic E-state index is 5.35. The molecule has 0 amide bonds. The molecule has 0 saturated carbocycles. The molecule has 4 nitrogen and oxygen atoms in total. The summed E-state index contributed by atoms with van der Waals surface area (Å²) < 4.78 is 15.8. The molecule has 1 fully saturated rings. The van der Waals surface area contributed by atoms with Crippen LogP contribution in [0.1, 0.15) is 20.3 Å². The van der Waals surface area contributed by atoms with Gasteiger partial charge >= 0.3 is 0 Å². The first kappa shape index (κ1) is 11.9. The van der Waals surface area contributed by atoms with E-state index in [4.69, 9.17) is 14.2 Å². The van der Waals surface area contributed by atoms with E-state index in [1.807, 2.05) is 0 Å². The maximum atomic E-state index is 5.35. The second kappa shape index (κ2) is 7.17. The fourth-order valence-corrected chi connectivity index (χ4v) is 1.14. The Morgan fingerprint density at radius 3 is 2.36 bits per heavy atom. The van der Waals surface area contributed by atoms with Gasteiger partial charge in [-0.05, 0) is 13.3 Å². The van der Waals surface area contributed by atoms with Crippen molar-refractivity contribution in [3.8, 4) is 0 Å². The van der Waals surface area contributed by atoms with Crippen LogP contribution in [0.25, 0.3) is 0 Å². The van der Waals surface area contributed by atoms with Gasteiger partial charge in [0, 0.05) is 13.2 Å². The van der Waals surface area contributed by atoms with Crippen molar-refractivity contribution in [1.82, 2.24) is 5.32 Å². The van der Waals surface area contributed by atoms with Crippen molar-refractivity contribution in [3.63, 3.8) is 0 Å². The Kier molecular flexibility index (Phi) is 6.10. The molecule has 14 heavy (non-hydrogen) atoms. The fourth-order valence-electron chi connectivity index (χ4n) is 1.14. The van der Waals surface area contributed by atoms with E-state index in [0.29, 0.717) is 19.3 Å². The molecule has 0 aromatic carbocycles. The zero-order chi connectivity index (χ0) is 10.2. The number of hydrogen-bond donors (Lipinski definition) is 1. The second-order valence-corrected chi connectivity index (χ2v) is 3.44. The van der Waals surface area contributed by atoms with Crippen molar-refractivity contribution < 1.29 is 14.2 Å². The van der Waals surface area contributed by atoms with Gasteiger partial charge in [-0.3, -0.25) is 5.32 Å². The monoisotopic (exact) mass is 203 g/mol. The van der Waals surface area contributed by atoms with Gasteiger partial charge in [0.05, 0.1) is 25.9 Å².